The van der Waals surface area contributed by atoms with Crippen LogP contribution >= 0.6 is 0 Å². The molecule has 5 rings (SSSR count). The van der Waals surface area contributed by atoms with Crippen LogP contribution in [0.1, 0.15) is 73.4 Å². The fourth-order valence-electron chi connectivity index (χ4n) is 6.08. The molecule has 3 aliphatic rings. The van der Waals surface area contributed by atoms with Crippen molar-refractivity contribution in [2.45, 2.75) is 70.9 Å². The monoisotopic (exact) mass is 516 g/mol. The van der Waals surface area contributed by atoms with Gasteiger partial charge in [-0.15, -0.1) is 0 Å². The summed E-state index contributed by atoms with van der Waals surface area (Å²) in [4.78, 5) is 23.6. The zero-order chi connectivity index (χ0) is 26.3. The Bertz CT molecular complexity index is 1000. The van der Waals surface area contributed by atoms with E-state index in [4.69, 9.17) is 0 Å². The number of aryl methyl sites for hydroxylation is 1. The number of anilines is 1. The molecule has 0 bridgehead atoms. The third kappa shape index (κ3) is 7.39. The molecule has 38 heavy (non-hydrogen) atoms. The molecule has 0 radical (unpaired) electrons. The number of piperidine rings is 1. The first kappa shape index (κ1) is 27.2. The molecule has 2 aromatic carbocycles. The normalized spacial score (nSPS) is 19.6. The van der Waals surface area contributed by atoms with Gasteiger partial charge in [0, 0.05) is 69.7 Å². The van der Waals surface area contributed by atoms with Gasteiger partial charge in [-0.3, -0.25) is 4.79 Å². The van der Waals surface area contributed by atoms with Gasteiger partial charge in [0.25, 0.3) is 5.91 Å². The molecule has 3 fully saturated rings. The van der Waals surface area contributed by atoms with Crippen molar-refractivity contribution in [3.8, 4) is 0 Å². The topological polar surface area (TPSA) is 30.0 Å². The number of unbranched alkanes of at least 4 members (excludes halogenated alkanes) is 2. The van der Waals surface area contributed by atoms with E-state index in [1.165, 1.54) is 55.5 Å². The summed E-state index contributed by atoms with van der Waals surface area (Å²) in [6, 6.07) is 17.8. The summed E-state index contributed by atoms with van der Waals surface area (Å²) < 4.78 is 0. The van der Waals surface area contributed by atoms with Crippen LogP contribution in [0.15, 0.2) is 48.5 Å². The third-order valence-corrected chi connectivity index (χ3v) is 8.90. The van der Waals surface area contributed by atoms with Crippen molar-refractivity contribution in [3.05, 3.63) is 65.2 Å². The summed E-state index contributed by atoms with van der Waals surface area (Å²) in [7, 11) is 2.20. The number of hydrogen-bond acceptors (Lipinski definition) is 4. The van der Waals surface area contributed by atoms with Crippen LogP contribution in [-0.2, 0) is 13.0 Å². The van der Waals surface area contributed by atoms with Crippen LogP contribution in [0.25, 0.3) is 0 Å². The molecule has 0 spiro atoms. The lowest BCUT2D eigenvalue weighted by Gasteiger charge is -2.39. The SMILES string of the molecule is CCCCCc1ccc(C(=O)N(Cc2ccc(N3CCN(C)CC3)cc2)C2CCN(CC3CC3)CC2)cc1. The maximum Gasteiger partial charge on any atom is 0.254 e. The summed E-state index contributed by atoms with van der Waals surface area (Å²) in [6.45, 7) is 10.8. The summed E-state index contributed by atoms with van der Waals surface area (Å²) in [5.41, 5.74) is 4.70. The predicted molar refractivity (Wildman–Crippen MR) is 158 cm³/mol. The molecule has 0 aromatic heterocycles. The van der Waals surface area contributed by atoms with Crippen molar-refractivity contribution in [3.63, 3.8) is 0 Å². The van der Waals surface area contributed by atoms with Crippen LogP contribution in [0.3, 0.4) is 0 Å². The Labute approximate surface area is 230 Å². The number of likely N-dealkylation sites (tertiary alicyclic amines) is 1. The zero-order valence-corrected chi connectivity index (χ0v) is 23.8. The minimum atomic E-state index is 0.189. The number of hydrogen-bond donors (Lipinski definition) is 0. The van der Waals surface area contributed by atoms with Crippen LogP contribution in [0.4, 0.5) is 5.69 Å². The number of carbonyl (C=O) groups excluding carboxylic acids is 1. The Morgan fingerprint density at radius 2 is 1.47 bits per heavy atom. The van der Waals surface area contributed by atoms with E-state index in [1.807, 2.05) is 0 Å². The Kier molecular flexibility index (Phi) is 9.40. The molecule has 2 aromatic rings. The maximum absolute atomic E-state index is 13.9. The lowest BCUT2D eigenvalue weighted by atomic mass is 9.99. The largest absolute Gasteiger partial charge is 0.369 e. The first-order chi connectivity index (χ1) is 18.6. The van der Waals surface area contributed by atoms with Crippen LogP contribution in [0.5, 0.6) is 0 Å². The molecule has 0 atom stereocenters. The van der Waals surface area contributed by atoms with Crippen LogP contribution in [0.2, 0.25) is 0 Å². The molecule has 2 aliphatic heterocycles. The number of carbonyl (C=O) groups is 1. The molecule has 0 unspecified atom stereocenters. The third-order valence-electron chi connectivity index (χ3n) is 8.90. The Morgan fingerprint density at radius 1 is 0.816 bits per heavy atom. The van der Waals surface area contributed by atoms with Crippen molar-refractivity contribution < 1.29 is 4.79 Å². The van der Waals surface area contributed by atoms with E-state index in [9.17, 15) is 4.79 Å². The number of rotatable bonds is 11. The fourth-order valence-corrected chi connectivity index (χ4v) is 6.08. The fraction of sp³-hybridized carbons (Fsp3) is 0.606. The molecule has 2 saturated heterocycles. The van der Waals surface area contributed by atoms with Gasteiger partial charge >= 0.3 is 0 Å². The summed E-state index contributed by atoms with van der Waals surface area (Å²) >= 11 is 0. The molecule has 0 N–H and O–H groups in total. The van der Waals surface area contributed by atoms with Crippen LogP contribution in [-0.4, -0.2) is 79.5 Å². The quantitative estimate of drug-likeness (QED) is 0.359. The number of piperazine rings is 1. The predicted octanol–water partition coefficient (Wildman–Crippen LogP) is 5.69. The van der Waals surface area contributed by atoms with E-state index in [2.05, 4.69) is 82.1 Å². The lowest BCUT2D eigenvalue weighted by molar-refractivity contribution is 0.0546. The lowest BCUT2D eigenvalue weighted by Crippen LogP contribution is -2.47. The second-order valence-electron chi connectivity index (χ2n) is 12.0. The summed E-state index contributed by atoms with van der Waals surface area (Å²) in [6.07, 6.45) is 9.79. The van der Waals surface area contributed by atoms with Gasteiger partial charge < -0.3 is 19.6 Å². The first-order valence-electron chi connectivity index (χ1n) is 15.2. The summed E-state index contributed by atoms with van der Waals surface area (Å²) in [5, 5.41) is 0. The molecule has 1 amide bonds. The minimum absolute atomic E-state index is 0.189. The van der Waals surface area contributed by atoms with E-state index in [-0.39, 0.29) is 5.91 Å². The molecule has 2 heterocycles. The Hall–Kier alpha value is -2.37. The van der Waals surface area contributed by atoms with E-state index >= 15 is 0 Å². The highest BCUT2D eigenvalue weighted by molar-refractivity contribution is 5.94. The highest BCUT2D eigenvalue weighted by Gasteiger charge is 2.31. The van der Waals surface area contributed by atoms with E-state index in [1.54, 1.807) is 0 Å². The Morgan fingerprint density at radius 3 is 2.11 bits per heavy atom. The average molecular weight is 517 g/mol. The number of likely N-dealkylation sites (N-methyl/N-ethyl adjacent to an activating group) is 1. The minimum Gasteiger partial charge on any atom is -0.369 e. The van der Waals surface area contributed by atoms with E-state index in [0.29, 0.717) is 12.6 Å². The second-order valence-corrected chi connectivity index (χ2v) is 12.0. The maximum atomic E-state index is 13.9. The van der Waals surface area contributed by atoms with Crippen LogP contribution < -0.4 is 4.90 Å². The number of amides is 1. The molecule has 5 nitrogen and oxygen atoms in total. The molecule has 1 saturated carbocycles. The number of benzene rings is 2. The highest BCUT2D eigenvalue weighted by Crippen LogP contribution is 2.31. The molecule has 5 heteroatoms. The summed E-state index contributed by atoms with van der Waals surface area (Å²) in [5.74, 6) is 1.12. The van der Waals surface area contributed by atoms with E-state index in [0.717, 1.165) is 70.0 Å². The van der Waals surface area contributed by atoms with Gasteiger partial charge in [-0.2, -0.15) is 0 Å². The zero-order valence-electron chi connectivity index (χ0n) is 23.8. The van der Waals surface area contributed by atoms with Gasteiger partial charge in [0.2, 0.25) is 0 Å². The van der Waals surface area contributed by atoms with Gasteiger partial charge in [-0.05, 0) is 86.9 Å². The number of nitrogens with zero attached hydrogens (tertiary/aromatic N) is 4. The van der Waals surface area contributed by atoms with Crippen molar-refractivity contribution in [1.29, 1.82) is 0 Å². The van der Waals surface area contributed by atoms with Gasteiger partial charge in [0.1, 0.15) is 0 Å². The van der Waals surface area contributed by atoms with Crippen LogP contribution in [0, 0.1) is 5.92 Å². The smallest absolute Gasteiger partial charge is 0.254 e. The van der Waals surface area contributed by atoms with Crippen molar-refractivity contribution in [1.82, 2.24) is 14.7 Å². The molecule has 1 aliphatic carbocycles. The van der Waals surface area contributed by atoms with Gasteiger partial charge in [-0.1, -0.05) is 44.0 Å². The average Bonchev–Trinajstić information content (AvgIpc) is 3.77. The van der Waals surface area contributed by atoms with Crippen molar-refractivity contribution in [2.75, 3.05) is 57.8 Å². The standard InChI is InChI=1S/C33H48N4O/c1-3-4-5-6-27-9-13-30(14-10-27)33(38)37(32-17-19-35(20-18-32)25-28-7-8-28)26-29-11-15-31(16-12-29)36-23-21-34(2)22-24-36/h9-16,28,32H,3-8,17-26H2,1-2H3. The van der Waals surface area contributed by atoms with Gasteiger partial charge in [-0.25, -0.2) is 0 Å². The Balaban J connectivity index is 1.27. The highest BCUT2D eigenvalue weighted by atomic mass is 16.2. The molecular formula is C33H48N4O. The second kappa shape index (κ2) is 13.1. The van der Waals surface area contributed by atoms with Gasteiger partial charge in [0.05, 0.1) is 0 Å². The molecular weight excluding hydrogens is 468 g/mol. The van der Waals surface area contributed by atoms with Crippen molar-refractivity contribution in [2.24, 2.45) is 5.92 Å². The van der Waals surface area contributed by atoms with Crippen molar-refractivity contribution >= 4 is 11.6 Å². The van der Waals surface area contributed by atoms with Gasteiger partial charge in [0.15, 0.2) is 0 Å². The molecule has 206 valence electrons. The van der Waals surface area contributed by atoms with E-state index < -0.39 is 0 Å². The first-order valence-corrected chi connectivity index (χ1v) is 15.2.